The van der Waals surface area contributed by atoms with Gasteiger partial charge < -0.3 is 0 Å². The lowest BCUT2D eigenvalue weighted by atomic mass is 9.66. The molecule has 0 spiro atoms. The smallest absolute Gasteiger partial charge is 0.172 e. The van der Waals surface area contributed by atoms with Gasteiger partial charge in [-0.2, -0.15) is 0 Å². The molecule has 3 heteroatoms. The van der Waals surface area contributed by atoms with E-state index in [-0.39, 0.29) is 22.7 Å². The zero-order chi connectivity index (χ0) is 14.2. The molecule has 0 aliphatic heterocycles. The third kappa shape index (κ3) is 2.56. The summed E-state index contributed by atoms with van der Waals surface area (Å²) in [5, 5.41) is 0. The van der Waals surface area contributed by atoms with Crippen LogP contribution in [0.4, 0.5) is 8.78 Å². The van der Waals surface area contributed by atoms with E-state index in [1.165, 1.54) is 12.1 Å². The minimum absolute atomic E-state index is 0.183. The van der Waals surface area contributed by atoms with Crippen molar-refractivity contribution < 1.29 is 13.6 Å². The van der Waals surface area contributed by atoms with Crippen LogP contribution in [0.1, 0.15) is 55.5 Å². The van der Waals surface area contributed by atoms with Gasteiger partial charge >= 0.3 is 0 Å². The molecule has 19 heavy (non-hydrogen) atoms. The first-order chi connectivity index (χ1) is 8.84. The van der Waals surface area contributed by atoms with Gasteiger partial charge in [-0.25, -0.2) is 8.78 Å². The van der Waals surface area contributed by atoms with Gasteiger partial charge in [0.2, 0.25) is 0 Å². The summed E-state index contributed by atoms with van der Waals surface area (Å²) in [6.45, 7) is 5.58. The van der Waals surface area contributed by atoms with Gasteiger partial charge in [0.25, 0.3) is 0 Å². The summed E-state index contributed by atoms with van der Waals surface area (Å²) in [4.78, 5) is 12.5. The maximum atomic E-state index is 14.1. The van der Waals surface area contributed by atoms with Gasteiger partial charge in [-0.15, -0.1) is 0 Å². The lowest BCUT2D eigenvalue weighted by Crippen LogP contribution is -2.35. The highest BCUT2D eigenvalue weighted by Gasteiger charge is 2.39. The van der Waals surface area contributed by atoms with Crippen LogP contribution in [0.5, 0.6) is 0 Å². The third-order valence-corrected chi connectivity index (χ3v) is 4.35. The minimum Gasteiger partial charge on any atom is -0.294 e. The van der Waals surface area contributed by atoms with E-state index >= 15 is 0 Å². The second-order valence-electron chi connectivity index (χ2n) is 6.20. The Labute approximate surface area is 113 Å². The van der Waals surface area contributed by atoms with Gasteiger partial charge in [-0.1, -0.05) is 32.8 Å². The average molecular weight is 266 g/mol. The summed E-state index contributed by atoms with van der Waals surface area (Å²) in [6, 6.07) is 2.55. The Balaban J connectivity index is 2.42. The van der Waals surface area contributed by atoms with E-state index in [9.17, 15) is 13.6 Å². The van der Waals surface area contributed by atoms with Gasteiger partial charge in [0.1, 0.15) is 11.6 Å². The Morgan fingerprint density at radius 1 is 1.26 bits per heavy atom. The molecule has 1 atom stereocenters. The van der Waals surface area contributed by atoms with Crippen molar-refractivity contribution in [1.82, 2.24) is 0 Å². The van der Waals surface area contributed by atoms with Crippen molar-refractivity contribution in [2.45, 2.75) is 46.5 Å². The Hall–Kier alpha value is -1.25. The number of hydrogen-bond donors (Lipinski definition) is 0. The summed E-state index contributed by atoms with van der Waals surface area (Å²) in [6.07, 6.45) is 3.68. The van der Waals surface area contributed by atoms with Crippen LogP contribution in [-0.4, -0.2) is 5.78 Å². The SMILES string of the molecule is Cc1ccc(F)c(C(=O)C2CCCCC2(C)C)c1F. The topological polar surface area (TPSA) is 17.1 Å². The van der Waals surface area contributed by atoms with Crippen LogP contribution in [-0.2, 0) is 0 Å². The summed E-state index contributed by atoms with van der Waals surface area (Å²) >= 11 is 0. The molecular weight excluding hydrogens is 246 g/mol. The molecule has 1 aliphatic rings. The second kappa shape index (κ2) is 5.03. The molecule has 1 aromatic rings. The predicted molar refractivity (Wildman–Crippen MR) is 71.2 cm³/mol. The normalized spacial score (nSPS) is 22.3. The van der Waals surface area contributed by atoms with Crippen molar-refractivity contribution in [2.75, 3.05) is 0 Å². The lowest BCUT2D eigenvalue weighted by molar-refractivity contribution is 0.0688. The van der Waals surface area contributed by atoms with Gasteiger partial charge in [0.15, 0.2) is 5.78 Å². The van der Waals surface area contributed by atoms with Crippen molar-refractivity contribution in [3.05, 3.63) is 34.9 Å². The average Bonchev–Trinajstić information content (AvgIpc) is 2.33. The van der Waals surface area contributed by atoms with Crippen LogP contribution in [0.15, 0.2) is 12.1 Å². The van der Waals surface area contributed by atoms with Gasteiger partial charge in [0.05, 0.1) is 5.56 Å². The molecule has 0 amide bonds. The Morgan fingerprint density at radius 3 is 2.58 bits per heavy atom. The largest absolute Gasteiger partial charge is 0.294 e. The Bertz CT molecular complexity index is 506. The van der Waals surface area contributed by atoms with Crippen LogP contribution in [0, 0.1) is 29.9 Å². The zero-order valence-corrected chi connectivity index (χ0v) is 11.7. The van der Waals surface area contributed by atoms with E-state index < -0.39 is 11.6 Å². The van der Waals surface area contributed by atoms with Gasteiger partial charge in [-0.05, 0) is 36.8 Å². The number of Topliss-reactive ketones (excluding diaryl/α,β-unsaturated/α-hetero) is 1. The highest BCUT2D eigenvalue weighted by atomic mass is 19.1. The van der Waals surface area contributed by atoms with Crippen molar-refractivity contribution >= 4 is 5.78 Å². The fourth-order valence-electron chi connectivity index (χ4n) is 3.04. The van der Waals surface area contributed by atoms with Crippen molar-refractivity contribution in [3.63, 3.8) is 0 Å². The first kappa shape index (κ1) is 14.2. The molecule has 0 radical (unpaired) electrons. The molecular formula is C16H20F2O. The summed E-state index contributed by atoms with van der Waals surface area (Å²) in [7, 11) is 0. The number of ketones is 1. The van der Waals surface area contributed by atoms with Crippen molar-refractivity contribution in [1.29, 1.82) is 0 Å². The van der Waals surface area contributed by atoms with Crippen LogP contribution >= 0.6 is 0 Å². The first-order valence-electron chi connectivity index (χ1n) is 6.83. The third-order valence-electron chi connectivity index (χ3n) is 4.35. The number of benzene rings is 1. The maximum absolute atomic E-state index is 14.1. The number of aryl methyl sites for hydroxylation is 1. The first-order valence-corrected chi connectivity index (χ1v) is 6.83. The molecule has 0 saturated heterocycles. The fraction of sp³-hybridized carbons (Fsp3) is 0.562. The predicted octanol–water partition coefficient (Wildman–Crippen LogP) is 4.67. The molecule has 104 valence electrons. The Kier molecular flexibility index (Phi) is 3.75. The highest BCUT2D eigenvalue weighted by Crippen LogP contribution is 2.42. The van der Waals surface area contributed by atoms with E-state index in [4.69, 9.17) is 0 Å². The standard InChI is InChI=1S/C16H20F2O/c1-10-7-8-12(17)13(14(10)18)15(19)11-6-4-5-9-16(11,2)3/h7-8,11H,4-6,9H2,1-3H3. The maximum Gasteiger partial charge on any atom is 0.172 e. The molecule has 1 fully saturated rings. The van der Waals surface area contributed by atoms with Crippen LogP contribution < -0.4 is 0 Å². The fourth-order valence-corrected chi connectivity index (χ4v) is 3.04. The molecule has 1 unspecified atom stereocenters. The quantitative estimate of drug-likeness (QED) is 0.711. The molecule has 1 nitrogen and oxygen atoms in total. The van der Waals surface area contributed by atoms with Gasteiger partial charge in [-0.3, -0.25) is 4.79 Å². The van der Waals surface area contributed by atoms with Crippen molar-refractivity contribution in [2.24, 2.45) is 11.3 Å². The van der Waals surface area contributed by atoms with Crippen LogP contribution in [0.3, 0.4) is 0 Å². The highest BCUT2D eigenvalue weighted by molar-refractivity contribution is 5.99. The summed E-state index contributed by atoms with van der Waals surface area (Å²) in [5.41, 5.74) is -0.212. The lowest BCUT2D eigenvalue weighted by Gasteiger charge is -2.37. The van der Waals surface area contributed by atoms with E-state index in [0.717, 1.165) is 25.7 Å². The Morgan fingerprint density at radius 2 is 1.95 bits per heavy atom. The van der Waals surface area contributed by atoms with Gasteiger partial charge in [0, 0.05) is 5.92 Å². The molecule has 0 aromatic heterocycles. The molecule has 1 aromatic carbocycles. The number of carbonyl (C=O) groups is 1. The monoisotopic (exact) mass is 266 g/mol. The number of halogens is 2. The molecule has 1 saturated carbocycles. The van der Waals surface area contributed by atoms with Crippen LogP contribution in [0.25, 0.3) is 0 Å². The summed E-state index contributed by atoms with van der Waals surface area (Å²) in [5.74, 6) is -2.10. The van der Waals surface area contributed by atoms with Crippen LogP contribution in [0.2, 0.25) is 0 Å². The number of hydrogen-bond acceptors (Lipinski definition) is 1. The molecule has 1 aliphatic carbocycles. The van der Waals surface area contributed by atoms with E-state index in [0.29, 0.717) is 5.56 Å². The molecule has 0 bridgehead atoms. The van der Waals surface area contributed by atoms with E-state index in [1.807, 2.05) is 13.8 Å². The van der Waals surface area contributed by atoms with E-state index in [2.05, 4.69) is 0 Å². The zero-order valence-electron chi connectivity index (χ0n) is 11.7. The molecule has 0 N–H and O–H groups in total. The number of rotatable bonds is 2. The molecule has 0 heterocycles. The second-order valence-corrected chi connectivity index (χ2v) is 6.20. The molecule has 2 rings (SSSR count). The minimum atomic E-state index is -0.741. The van der Waals surface area contributed by atoms with Crippen molar-refractivity contribution in [3.8, 4) is 0 Å². The summed E-state index contributed by atoms with van der Waals surface area (Å²) < 4.78 is 27.9. The van der Waals surface area contributed by atoms with E-state index in [1.54, 1.807) is 6.92 Å². The number of carbonyl (C=O) groups excluding carboxylic acids is 1.